The Labute approximate surface area is 107 Å². The van der Waals surface area contributed by atoms with E-state index in [1.807, 2.05) is 24.3 Å². The van der Waals surface area contributed by atoms with Crippen LogP contribution in [0.15, 0.2) is 24.3 Å². The van der Waals surface area contributed by atoms with Crippen LogP contribution in [0.2, 0.25) is 5.02 Å². The van der Waals surface area contributed by atoms with E-state index >= 15 is 0 Å². The highest BCUT2D eigenvalue weighted by molar-refractivity contribution is 6.32. The van der Waals surface area contributed by atoms with Crippen molar-refractivity contribution in [3.8, 4) is 5.75 Å². The fourth-order valence-corrected chi connectivity index (χ4v) is 2.16. The molecule has 1 saturated heterocycles. The number of para-hydroxylation sites is 1. The Bertz CT molecular complexity index is 359. The maximum Gasteiger partial charge on any atom is 0.137 e. The second-order valence-electron chi connectivity index (χ2n) is 4.20. The molecule has 1 aromatic carbocycles. The van der Waals surface area contributed by atoms with Crippen LogP contribution >= 0.6 is 11.6 Å². The van der Waals surface area contributed by atoms with Crippen molar-refractivity contribution in [1.29, 1.82) is 0 Å². The Morgan fingerprint density at radius 2 is 2.29 bits per heavy atom. The molecule has 0 aliphatic carbocycles. The van der Waals surface area contributed by atoms with Gasteiger partial charge in [-0.3, -0.25) is 0 Å². The van der Waals surface area contributed by atoms with Gasteiger partial charge < -0.3 is 14.8 Å². The van der Waals surface area contributed by atoms with Gasteiger partial charge in [0, 0.05) is 19.2 Å². The van der Waals surface area contributed by atoms with E-state index < -0.39 is 0 Å². The van der Waals surface area contributed by atoms with Crippen LogP contribution in [0.1, 0.15) is 13.3 Å². The van der Waals surface area contributed by atoms with Gasteiger partial charge in [0.2, 0.25) is 0 Å². The second-order valence-corrected chi connectivity index (χ2v) is 4.61. The van der Waals surface area contributed by atoms with Crippen molar-refractivity contribution in [1.82, 2.24) is 5.32 Å². The summed E-state index contributed by atoms with van der Waals surface area (Å²) < 4.78 is 11.1. The van der Waals surface area contributed by atoms with E-state index in [4.69, 9.17) is 21.1 Å². The van der Waals surface area contributed by atoms with Crippen LogP contribution in [-0.4, -0.2) is 31.9 Å². The first kappa shape index (κ1) is 12.7. The molecule has 0 aromatic heterocycles. The Balaban J connectivity index is 1.68. The van der Waals surface area contributed by atoms with E-state index in [-0.39, 0.29) is 0 Å². The van der Waals surface area contributed by atoms with Gasteiger partial charge in [-0.15, -0.1) is 0 Å². The highest BCUT2D eigenvalue weighted by Crippen LogP contribution is 2.22. The lowest BCUT2D eigenvalue weighted by atomic mass is 10.1. The molecule has 0 bridgehead atoms. The Kier molecular flexibility index (Phi) is 4.66. The lowest BCUT2D eigenvalue weighted by Gasteiger charge is -2.16. The van der Waals surface area contributed by atoms with Gasteiger partial charge in [0.1, 0.15) is 12.4 Å². The highest BCUT2D eigenvalue weighted by Gasteiger charge is 2.22. The van der Waals surface area contributed by atoms with Crippen LogP contribution in [0.3, 0.4) is 0 Å². The molecule has 0 spiro atoms. The predicted octanol–water partition coefficient (Wildman–Crippen LogP) is 2.49. The summed E-state index contributed by atoms with van der Waals surface area (Å²) in [5.41, 5.74) is 0. The topological polar surface area (TPSA) is 30.5 Å². The first-order valence-electron chi connectivity index (χ1n) is 5.99. The van der Waals surface area contributed by atoms with E-state index in [2.05, 4.69) is 12.2 Å². The molecule has 3 nitrogen and oxygen atoms in total. The molecular weight excluding hydrogens is 238 g/mol. The van der Waals surface area contributed by atoms with E-state index in [0.29, 0.717) is 23.8 Å². The molecule has 0 amide bonds. The van der Waals surface area contributed by atoms with Crippen LogP contribution < -0.4 is 10.1 Å². The Hall–Kier alpha value is -0.770. The standard InChI is InChI=1S/C13H18ClNO2/c1-10-12(6-8-16-10)15-7-9-17-13-5-3-2-4-11(13)14/h2-5,10,12,15H,6-9H2,1H3/t10-,12-/m0/s1. The van der Waals surface area contributed by atoms with Crippen LogP contribution in [-0.2, 0) is 4.74 Å². The van der Waals surface area contributed by atoms with Crippen molar-refractivity contribution < 1.29 is 9.47 Å². The third-order valence-electron chi connectivity index (χ3n) is 2.98. The van der Waals surface area contributed by atoms with Crippen molar-refractivity contribution >= 4 is 11.6 Å². The maximum atomic E-state index is 5.99. The van der Waals surface area contributed by atoms with Crippen LogP contribution in [0.5, 0.6) is 5.75 Å². The highest BCUT2D eigenvalue weighted by atomic mass is 35.5. The average Bonchev–Trinajstić information content (AvgIpc) is 2.73. The van der Waals surface area contributed by atoms with Crippen LogP contribution in [0, 0.1) is 0 Å². The molecule has 1 N–H and O–H groups in total. The minimum absolute atomic E-state index is 0.301. The summed E-state index contributed by atoms with van der Waals surface area (Å²) in [6.45, 7) is 4.38. The summed E-state index contributed by atoms with van der Waals surface area (Å²) in [5, 5.41) is 4.09. The van der Waals surface area contributed by atoms with Crippen LogP contribution in [0.25, 0.3) is 0 Å². The number of halogens is 1. The van der Waals surface area contributed by atoms with Gasteiger partial charge >= 0.3 is 0 Å². The SMILES string of the molecule is C[C@@H]1OCC[C@@H]1NCCOc1ccccc1Cl. The Morgan fingerprint density at radius 1 is 1.47 bits per heavy atom. The van der Waals surface area contributed by atoms with Crippen molar-refractivity contribution in [2.24, 2.45) is 0 Å². The zero-order valence-electron chi connectivity index (χ0n) is 9.99. The third-order valence-corrected chi connectivity index (χ3v) is 3.29. The van der Waals surface area contributed by atoms with Gasteiger partial charge in [-0.2, -0.15) is 0 Å². The summed E-state index contributed by atoms with van der Waals surface area (Å²) in [6, 6.07) is 7.97. The molecule has 17 heavy (non-hydrogen) atoms. The van der Waals surface area contributed by atoms with E-state index in [9.17, 15) is 0 Å². The lowest BCUT2D eigenvalue weighted by Crippen LogP contribution is -2.37. The van der Waals surface area contributed by atoms with Gasteiger partial charge in [0.05, 0.1) is 11.1 Å². The molecule has 0 radical (unpaired) electrons. The Morgan fingerprint density at radius 3 is 3.00 bits per heavy atom. The largest absolute Gasteiger partial charge is 0.491 e. The van der Waals surface area contributed by atoms with Crippen molar-refractivity contribution in [2.75, 3.05) is 19.8 Å². The van der Waals surface area contributed by atoms with Gasteiger partial charge in [-0.1, -0.05) is 23.7 Å². The molecule has 2 atom stereocenters. The fourth-order valence-electron chi connectivity index (χ4n) is 1.97. The van der Waals surface area contributed by atoms with E-state index in [0.717, 1.165) is 25.3 Å². The second kappa shape index (κ2) is 6.24. The van der Waals surface area contributed by atoms with E-state index in [1.165, 1.54) is 0 Å². The van der Waals surface area contributed by atoms with Gasteiger partial charge in [0.25, 0.3) is 0 Å². The van der Waals surface area contributed by atoms with Crippen molar-refractivity contribution in [2.45, 2.75) is 25.5 Å². The first-order valence-corrected chi connectivity index (χ1v) is 6.37. The molecule has 4 heteroatoms. The minimum atomic E-state index is 0.301. The molecule has 2 rings (SSSR count). The molecule has 0 unspecified atom stereocenters. The molecular formula is C13H18ClNO2. The predicted molar refractivity (Wildman–Crippen MR) is 68.8 cm³/mol. The summed E-state index contributed by atoms with van der Waals surface area (Å²) in [7, 11) is 0. The summed E-state index contributed by atoms with van der Waals surface area (Å²) in [4.78, 5) is 0. The van der Waals surface area contributed by atoms with Crippen LogP contribution in [0.4, 0.5) is 0 Å². The van der Waals surface area contributed by atoms with Crippen molar-refractivity contribution in [3.05, 3.63) is 29.3 Å². The number of nitrogens with one attached hydrogen (secondary N) is 1. The van der Waals surface area contributed by atoms with Gasteiger partial charge in [-0.25, -0.2) is 0 Å². The average molecular weight is 256 g/mol. The summed E-state index contributed by atoms with van der Waals surface area (Å²) in [5.74, 6) is 0.742. The van der Waals surface area contributed by atoms with Crippen molar-refractivity contribution in [3.63, 3.8) is 0 Å². The molecule has 94 valence electrons. The van der Waals surface area contributed by atoms with Gasteiger partial charge in [0.15, 0.2) is 0 Å². The third kappa shape index (κ3) is 3.60. The monoisotopic (exact) mass is 255 g/mol. The molecule has 1 aliphatic heterocycles. The molecule has 1 heterocycles. The van der Waals surface area contributed by atoms with E-state index in [1.54, 1.807) is 0 Å². The summed E-state index contributed by atoms with van der Waals surface area (Å²) in [6.07, 6.45) is 1.38. The zero-order valence-corrected chi connectivity index (χ0v) is 10.7. The van der Waals surface area contributed by atoms with Gasteiger partial charge in [-0.05, 0) is 25.5 Å². The quantitative estimate of drug-likeness (QED) is 0.820. The summed E-state index contributed by atoms with van der Waals surface area (Å²) >= 11 is 5.99. The smallest absolute Gasteiger partial charge is 0.137 e. The maximum absolute atomic E-state index is 5.99. The number of benzene rings is 1. The molecule has 0 saturated carbocycles. The fraction of sp³-hybridized carbons (Fsp3) is 0.538. The molecule has 1 aliphatic rings. The number of hydrogen-bond donors (Lipinski definition) is 1. The first-order chi connectivity index (χ1) is 8.27. The number of rotatable bonds is 5. The molecule has 1 aromatic rings. The molecule has 1 fully saturated rings. The zero-order chi connectivity index (χ0) is 12.1. The number of ether oxygens (including phenoxy) is 2. The normalized spacial score (nSPS) is 23.9. The minimum Gasteiger partial charge on any atom is -0.491 e. The number of hydrogen-bond acceptors (Lipinski definition) is 3. The lowest BCUT2D eigenvalue weighted by molar-refractivity contribution is 0.112.